The normalized spacial score (nSPS) is 17.1. The van der Waals surface area contributed by atoms with Gasteiger partial charge in [-0.2, -0.15) is 0 Å². The van der Waals surface area contributed by atoms with Crippen LogP contribution in [0, 0.1) is 6.92 Å². The van der Waals surface area contributed by atoms with E-state index in [1.165, 1.54) is 11.1 Å². The van der Waals surface area contributed by atoms with E-state index in [1.54, 1.807) is 6.20 Å². The topological polar surface area (TPSA) is 54.0 Å². The molecule has 1 aliphatic rings. The predicted molar refractivity (Wildman–Crippen MR) is 86.1 cm³/mol. The van der Waals surface area contributed by atoms with Crippen molar-refractivity contribution in [3.63, 3.8) is 0 Å². The average molecular weight is 346 g/mol. The molecular weight excluding hydrogens is 330 g/mol. The Morgan fingerprint density at radius 3 is 2.90 bits per heavy atom. The van der Waals surface area contributed by atoms with Crippen molar-refractivity contribution in [2.45, 2.75) is 25.9 Å². The SMILES string of the molecule is Cc1cc(Br)cnc1NC(=O)C1Cc2ccccc2CN1. The number of hydrogen-bond acceptors (Lipinski definition) is 3. The highest BCUT2D eigenvalue weighted by Gasteiger charge is 2.24. The number of amides is 1. The number of pyridine rings is 1. The maximum Gasteiger partial charge on any atom is 0.243 e. The van der Waals surface area contributed by atoms with E-state index in [1.807, 2.05) is 25.1 Å². The first kappa shape index (κ1) is 14.2. The minimum atomic E-state index is -0.218. The minimum Gasteiger partial charge on any atom is -0.309 e. The first-order chi connectivity index (χ1) is 10.1. The van der Waals surface area contributed by atoms with Crippen molar-refractivity contribution in [3.05, 3.63) is 57.7 Å². The van der Waals surface area contributed by atoms with Gasteiger partial charge in [0.25, 0.3) is 0 Å². The van der Waals surface area contributed by atoms with Crippen LogP contribution < -0.4 is 10.6 Å². The Kier molecular flexibility index (Phi) is 4.03. The molecule has 1 atom stereocenters. The summed E-state index contributed by atoms with van der Waals surface area (Å²) in [4.78, 5) is 16.6. The fourth-order valence-electron chi connectivity index (χ4n) is 2.51. The van der Waals surface area contributed by atoms with E-state index in [0.29, 0.717) is 12.2 Å². The molecule has 1 aliphatic heterocycles. The lowest BCUT2D eigenvalue weighted by atomic mass is 9.95. The molecule has 4 nitrogen and oxygen atoms in total. The molecule has 1 aromatic heterocycles. The van der Waals surface area contributed by atoms with Crippen LogP contribution in [0.1, 0.15) is 16.7 Å². The molecule has 0 radical (unpaired) electrons. The first-order valence-corrected chi connectivity index (χ1v) is 7.66. The molecule has 2 aromatic rings. The van der Waals surface area contributed by atoms with Gasteiger partial charge in [-0.25, -0.2) is 4.98 Å². The van der Waals surface area contributed by atoms with Gasteiger partial charge in [0.15, 0.2) is 0 Å². The quantitative estimate of drug-likeness (QED) is 0.879. The number of carbonyl (C=O) groups is 1. The Morgan fingerprint density at radius 2 is 2.14 bits per heavy atom. The second-order valence-electron chi connectivity index (χ2n) is 5.21. The molecule has 5 heteroatoms. The summed E-state index contributed by atoms with van der Waals surface area (Å²) >= 11 is 3.37. The van der Waals surface area contributed by atoms with Crippen molar-refractivity contribution < 1.29 is 4.79 Å². The Hall–Kier alpha value is -1.72. The molecule has 0 saturated carbocycles. The molecule has 0 fully saturated rings. The Bertz CT molecular complexity index is 687. The largest absolute Gasteiger partial charge is 0.309 e. The van der Waals surface area contributed by atoms with Gasteiger partial charge in [-0.3, -0.25) is 4.79 Å². The van der Waals surface area contributed by atoms with Crippen LogP contribution in [0.2, 0.25) is 0 Å². The summed E-state index contributed by atoms with van der Waals surface area (Å²) in [6.45, 7) is 2.65. The zero-order valence-electron chi connectivity index (χ0n) is 11.7. The molecule has 108 valence electrons. The molecule has 0 saturated heterocycles. The number of aromatic nitrogens is 1. The lowest BCUT2D eigenvalue weighted by molar-refractivity contribution is -0.118. The first-order valence-electron chi connectivity index (χ1n) is 6.86. The molecule has 2 N–H and O–H groups in total. The van der Waals surface area contributed by atoms with Crippen molar-refractivity contribution in [1.82, 2.24) is 10.3 Å². The fraction of sp³-hybridized carbons (Fsp3) is 0.250. The fourth-order valence-corrected chi connectivity index (χ4v) is 2.96. The van der Waals surface area contributed by atoms with Gasteiger partial charge in [-0.15, -0.1) is 0 Å². The zero-order valence-corrected chi connectivity index (χ0v) is 13.3. The molecular formula is C16H16BrN3O. The third-order valence-electron chi connectivity index (χ3n) is 3.68. The van der Waals surface area contributed by atoms with Crippen LogP contribution in [0.25, 0.3) is 0 Å². The van der Waals surface area contributed by atoms with Crippen molar-refractivity contribution in [1.29, 1.82) is 0 Å². The molecule has 1 amide bonds. The number of nitrogens with zero attached hydrogens (tertiary/aromatic N) is 1. The third kappa shape index (κ3) is 3.14. The molecule has 2 heterocycles. The number of rotatable bonds is 2. The van der Waals surface area contributed by atoms with Gasteiger partial charge in [0.1, 0.15) is 5.82 Å². The average Bonchev–Trinajstić information content (AvgIpc) is 2.49. The van der Waals surface area contributed by atoms with E-state index in [4.69, 9.17) is 0 Å². The molecule has 1 unspecified atom stereocenters. The number of fused-ring (bicyclic) bond motifs is 1. The Morgan fingerprint density at radius 1 is 1.38 bits per heavy atom. The van der Waals surface area contributed by atoms with Crippen LogP contribution in [0.15, 0.2) is 41.0 Å². The van der Waals surface area contributed by atoms with Gasteiger partial charge in [0.05, 0.1) is 6.04 Å². The highest BCUT2D eigenvalue weighted by Crippen LogP contribution is 2.19. The number of carbonyl (C=O) groups excluding carboxylic acids is 1. The van der Waals surface area contributed by atoms with Crippen LogP contribution in [0.3, 0.4) is 0 Å². The van der Waals surface area contributed by atoms with Crippen LogP contribution >= 0.6 is 15.9 Å². The standard InChI is InChI=1S/C16H16BrN3O/c1-10-6-13(17)9-19-15(10)20-16(21)14-7-11-4-2-3-5-12(11)8-18-14/h2-6,9,14,18H,7-8H2,1H3,(H,19,20,21). The second-order valence-corrected chi connectivity index (χ2v) is 6.13. The van der Waals surface area contributed by atoms with E-state index >= 15 is 0 Å². The third-order valence-corrected chi connectivity index (χ3v) is 4.12. The molecule has 1 aromatic carbocycles. The van der Waals surface area contributed by atoms with Crippen LogP contribution in [-0.4, -0.2) is 16.9 Å². The van der Waals surface area contributed by atoms with Crippen LogP contribution in [0.5, 0.6) is 0 Å². The molecule has 3 rings (SSSR count). The van der Waals surface area contributed by atoms with Crippen LogP contribution in [0.4, 0.5) is 5.82 Å². The van der Waals surface area contributed by atoms with E-state index in [-0.39, 0.29) is 11.9 Å². The molecule has 0 aliphatic carbocycles. The summed E-state index contributed by atoms with van der Waals surface area (Å²) in [7, 11) is 0. The maximum atomic E-state index is 12.4. The highest BCUT2D eigenvalue weighted by atomic mass is 79.9. The number of aryl methyl sites for hydroxylation is 1. The van der Waals surface area contributed by atoms with Crippen LogP contribution in [-0.2, 0) is 17.8 Å². The number of benzene rings is 1. The number of hydrogen-bond donors (Lipinski definition) is 2. The maximum absolute atomic E-state index is 12.4. The summed E-state index contributed by atoms with van der Waals surface area (Å²) in [6.07, 6.45) is 2.39. The molecule has 0 spiro atoms. The Balaban J connectivity index is 1.72. The van der Waals surface area contributed by atoms with E-state index in [0.717, 1.165) is 16.6 Å². The highest BCUT2D eigenvalue weighted by molar-refractivity contribution is 9.10. The van der Waals surface area contributed by atoms with Gasteiger partial charge in [0, 0.05) is 17.2 Å². The predicted octanol–water partition coefficient (Wildman–Crippen LogP) is 2.81. The summed E-state index contributed by atoms with van der Waals surface area (Å²) in [5.74, 6) is 0.575. The summed E-state index contributed by atoms with van der Waals surface area (Å²) in [5, 5.41) is 6.18. The number of halogens is 1. The van der Waals surface area contributed by atoms with E-state index < -0.39 is 0 Å². The van der Waals surface area contributed by atoms with Gasteiger partial charge >= 0.3 is 0 Å². The van der Waals surface area contributed by atoms with E-state index in [9.17, 15) is 4.79 Å². The number of nitrogens with one attached hydrogen (secondary N) is 2. The summed E-state index contributed by atoms with van der Waals surface area (Å²) in [5.41, 5.74) is 3.44. The summed E-state index contributed by atoms with van der Waals surface area (Å²) in [6, 6.07) is 9.93. The minimum absolute atomic E-state index is 0.0394. The van der Waals surface area contributed by atoms with Crippen molar-refractivity contribution in [2.24, 2.45) is 0 Å². The monoisotopic (exact) mass is 345 g/mol. The number of anilines is 1. The van der Waals surface area contributed by atoms with E-state index in [2.05, 4.69) is 43.7 Å². The van der Waals surface area contributed by atoms with Gasteiger partial charge in [-0.05, 0) is 52.0 Å². The lowest BCUT2D eigenvalue weighted by Crippen LogP contribution is -2.44. The second kappa shape index (κ2) is 5.95. The Labute approximate surface area is 132 Å². The van der Waals surface area contributed by atoms with Crippen molar-refractivity contribution in [2.75, 3.05) is 5.32 Å². The van der Waals surface area contributed by atoms with Crippen molar-refractivity contribution in [3.8, 4) is 0 Å². The lowest BCUT2D eigenvalue weighted by Gasteiger charge is -2.25. The molecule has 0 bridgehead atoms. The summed E-state index contributed by atoms with van der Waals surface area (Å²) < 4.78 is 0.905. The molecule has 21 heavy (non-hydrogen) atoms. The smallest absolute Gasteiger partial charge is 0.243 e. The van der Waals surface area contributed by atoms with Gasteiger partial charge in [-0.1, -0.05) is 24.3 Å². The van der Waals surface area contributed by atoms with Gasteiger partial charge in [0.2, 0.25) is 5.91 Å². The van der Waals surface area contributed by atoms with Gasteiger partial charge < -0.3 is 10.6 Å². The van der Waals surface area contributed by atoms with Crippen molar-refractivity contribution >= 4 is 27.7 Å². The zero-order chi connectivity index (χ0) is 14.8.